The number of nitrogens with zero attached hydrogens (tertiary/aromatic N) is 3. The number of fused-ring (bicyclic) bond motifs is 1. The number of aromatic nitrogens is 1. The molecule has 0 spiro atoms. The summed E-state index contributed by atoms with van der Waals surface area (Å²) < 4.78 is 27.5. The van der Waals surface area contributed by atoms with Gasteiger partial charge in [-0.1, -0.05) is 32.0 Å². The number of para-hydroxylation sites is 1. The molecule has 2 atom stereocenters. The van der Waals surface area contributed by atoms with E-state index in [1.165, 1.54) is 6.07 Å². The lowest BCUT2D eigenvalue weighted by atomic mass is 9.99. The molecule has 2 heterocycles. The molecule has 0 aliphatic carbocycles. The van der Waals surface area contributed by atoms with Gasteiger partial charge >= 0.3 is 0 Å². The van der Waals surface area contributed by atoms with Gasteiger partial charge in [0.1, 0.15) is 0 Å². The largest absolute Gasteiger partial charge is 0.334 e. The second kappa shape index (κ2) is 11.2. The van der Waals surface area contributed by atoms with E-state index >= 15 is 0 Å². The van der Waals surface area contributed by atoms with Crippen molar-refractivity contribution in [2.45, 2.75) is 45.2 Å². The molecule has 1 aromatic heterocycles. The van der Waals surface area contributed by atoms with Crippen molar-refractivity contribution < 1.29 is 13.6 Å². The lowest BCUT2D eigenvalue weighted by Gasteiger charge is -2.33. The maximum atomic E-state index is 14.0. The number of pyridine rings is 1. The van der Waals surface area contributed by atoms with Crippen molar-refractivity contribution >= 4 is 16.8 Å². The molecule has 0 saturated carbocycles. The number of rotatable bonds is 9. The van der Waals surface area contributed by atoms with Gasteiger partial charge < -0.3 is 15.1 Å². The van der Waals surface area contributed by atoms with Crippen LogP contribution in [-0.2, 0) is 0 Å². The average Bonchev–Trinajstić information content (AvgIpc) is 3.37. The van der Waals surface area contributed by atoms with E-state index in [9.17, 15) is 13.6 Å². The van der Waals surface area contributed by atoms with Crippen LogP contribution >= 0.6 is 0 Å². The molecule has 1 N–H and O–H groups in total. The van der Waals surface area contributed by atoms with E-state index in [0.717, 1.165) is 56.4 Å². The molecule has 1 saturated heterocycles. The molecule has 3 aromatic rings. The van der Waals surface area contributed by atoms with Gasteiger partial charge in [-0.15, -0.1) is 0 Å². The Labute approximate surface area is 206 Å². The highest BCUT2D eigenvalue weighted by atomic mass is 19.2. The van der Waals surface area contributed by atoms with Crippen molar-refractivity contribution in [3.63, 3.8) is 0 Å². The predicted octanol–water partition coefficient (Wildman–Crippen LogP) is 5.10. The third-order valence-corrected chi connectivity index (χ3v) is 7.21. The van der Waals surface area contributed by atoms with Crippen molar-refractivity contribution in [2.24, 2.45) is 0 Å². The number of nitrogens with one attached hydrogen (secondary N) is 1. The number of carbonyl (C=O) groups is 1. The zero-order chi connectivity index (χ0) is 24.9. The minimum Gasteiger partial charge on any atom is -0.334 e. The van der Waals surface area contributed by atoms with Gasteiger partial charge in [0, 0.05) is 29.6 Å². The predicted molar refractivity (Wildman–Crippen MR) is 136 cm³/mol. The number of amides is 1. The Morgan fingerprint density at radius 1 is 1.14 bits per heavy atom. The summed E-state index contributed by atoms with van der Waals surface area (Å²) in [7, 11) is 1.97. The summed E-state index contributed by atoms with van der Waals surface area (Å²) in [6, 6.07) is 13.2. The summed E-state index contributed by atoms with van der Waals surface area (Å²) in [6.45, 7) is 8.04. The molecular formula is C28H34F2N4O. The van der Waals surface area contributed by atoms with Crippen LogP contribution in [0.2, 0.25) is 0 Å². The molecule has 0 radical (unpaired) electrons. The third-order valence-electron chi connectivity index (χ3n) is 7.21. The number of hydrogen-bond acceptors (Lipinski definition) is 4. The van der Waals surface area contributed by atoms with Crippen molar-refractivity contribution in [2.75, 3.05) is 33.2 Å². The Bertz CT molecular complexity index is 1180. The van der Waals surface area contributed by atoms with Gasteiger partial charge in [0.25, 0.3) is 5.91 Å². The van der Waals surface area contributed by atoms with Gasteiger partial charge in [-0.3, -0.25) is 4.79 Å². The molecule has 1 unspecified atom stereocenters. The second-order valence-electron chi connectivity index (χ2n) is 9.12. The Morgan fingerprint density at radius 3 is 2.63 bits per heavy atom. The first kappa shape index (κ1) is 25.2. The van der Waals surface area contributed by atoms with Crippen LogP contribution in [0.1, 0.15) is 43.5 Å². The second-order valence-corrected chi connectivity index (χ2v) is 9.12. The fraction of sp³-hybridized carbons (Fsp3) is 0.429. The Kier molecular flexibility index (Phi) is 8.08. The maximum absolute atomic E-state index is 14.0. The zero-order valence-electron chi connectivity index (χ0n) is 20.7. The van der Waals surface area contributed by atoms with Crippen LogP contribution in [0.4, 0.5) is 8.78 Å². The molecule has 1 fully saturated rings. The first-order valence-electron chi connectivity index (χ1n) is 12.5. The van der Waals surface area contributed by atoms with Crippen molar-refractivity contribution in [1.29, 1.82) is 0 Å². The van der Waals surface area contributed by atoms with Gasteiger partial charge in [0.05, 0.1) is 16.8 Å². The summed E-state index contributed by atoms with van der Waals surface area (Å²) in [5, 5.41) is 4.22. The molecular weight excluding hydrogens is 446 g/mol. The third kappa shape index (κ3) is 5.36. The lowest BCUT2D eigenvalue weighted by Crippen LogP contribution is -2.49. The summed E-state index contributed by atoms with van der Waals surface area (Å²) in [6.07, 6.45) is 2.87. The summed E-state index contributed by atoms with van der Waals surface area (Å²) >= 11 is 0. The first-order valence-corrected chi connectivity index (χ1v) is 12.5. The number of likely N-dealkylation sites (N-methyl/N-ethyl adjacent to an activating group) is 1. The number of likely N-dealkylation sites (tertiary alicyclic amines) is 1. The van der Waals surface area contributed by atoms with E-state index in [1.807, 2.05) is 36.2 Å². The van der Waals surface area contributed by atoms with Crippen LogP contribution in [0.5, 0.6) is 0 Å². The Hall–Kier alpha value is -2.90. The average molecular weight is 481 g/mol. The smallest absolute Gasteiger partial charge is 0.254 e. The molecule has 5 nitrogen and oxygen atoms in total. The molecule has 186 valence electrons. The van der Waals surface area contributed by atoms with E-state index < -0.39 is 11.6 Å². The standard InChI is InChI=1S/C28H34F2N4O/c1-4-33(5-2)16-14-25(31-3)27-11-8-15-34(27)28(35)21-18-26(19-12-13-22(29)23(30)17-19)32-24-10-7-6-9-20(21)24/h6-7,9-10,12-13,17-18,25,27,31H,4-5,8,11,14-16H2,1-3H3/t25?,27-/m0/s1. The number of benzene rings is 2. The topological polar surface area (TPSA) is 48.5 Å². The highest BCUT2D eigenvalue weighted by molar-refractivity contribution is 6.07. The molecule has 1 aliphatic heterocycles. The number of halogens is 2. The van der Waals surface area contributed by atoms with Gasteiger partial charge in [-0.2, -0.15) is 0 Å². The highest BCUT2D eigenvalue weighted by Crippen LogP contribution is 2.30. The molecule has 0 bridgehead atoms. The SMILES string of the molecule is CCN(CC)CCC(NC)[C@@H]1CCCN1C(=O)c1cc(-c2ccc(F)c(F)c2)nc2ccccc12. The van der Waals surface area contributed by atoms with Crippen LogP contribution in [-0.4, -0.2) is 66.0 Å². The summed E-state index contributed by atoms with van der Waals surface area (Å²) in [5.74, 6) is -1.89. The minimum absolute atomic E-state index is 0.0435. The van der Waals surface area contributed by atoms with Crippen LogP contribution in [0.3, 0.4) is 0 Å². The van der Waals surface area contributed by atoms with Crippen molar-refractivity contribution in [1.82, 2.24) is 20.1 Å². The molecule has 1 amide bonds. The monoisotopic (exact) mass is 480 g/mol. The van der Waals surface area contributed by atoms with Crippen LogP contribution in [0.15, 0.2) is 48.5 Å². The van der Waals surface area contributed by atoms with Crippen LogP contribution in [0, 0.1) is 11.6 Å². The Morgan fingerprint density at radius 2 is 1.91 bits per heavy atom. The Balaban J connectivity index is 1.68. The summed E-state index contributed by atoms with van der Waals surface area (Å²) in [4.78, 5) is 23.0. The van der Waals surface area contributed by atoms with Gasteiger partial charge in [0.15, 0.2) is 11.6 Å². The molecule has 1 aliphatic rings. The normalized spacial score (nSPS) is 16.9. The molecule has 35 heavy (non-hydrogen) atoms. The fourth-order valence-electron chi connectivity index (χ4n) is 5.16. The minimum atomic E-state index is -0.935. The first-order chi connectivity index (χ1) is 17.0. The fourth-order valence-corrected chi connectivity index (χ4v) is 5.16. The van der Waals surface area contributed by atoms with E-state index in [1.54, 1.807) is 6.07 Å². The zero-order valence-corrected chi connectivity index (χ0v) is 20.7. The van der Waals surface area contributed by atoms with Gasteiger partial charge in [-0.25, -0.2) is 13.8 Å². The molecule has 7 heteroatoms. The van der Waals surface area contributed by atoms with Gasteiger partial charge in [0.2, 0.25) is 0 Å². The lowest BCUT2D eigenvalue weighted by molar-refractivity contribution is 0.0702. The highest BCUT2D eigenvalue weighted by Gasteiger charge is 2.35. The number of hydrogen-bond donors (Lipinski definition) is 1. The van der Waals surface area contributed by atoms with E-state index in [4.69, 9.17) is 0 Å². The van der Waals surface area contributed by atoms with Crippen LogP contribution in [0.25, 0.3) is 22.2 Å². The van der Waals surface area contributed by atoms with Gasteiger partial charge in [-0.05, 0) is 76.3 Å². The quantitative estimate of drug-likeness (QED) is 0.463. The van der Waals surface area contributed by atoms with E-state index in [-0.39, 0.29) is 18.0 Å². The van der Waals surface area contributed by atoms with E-state index in [2.05, 4.69) is 29.0 Å². The number of carbonyl (C=O) groups excluding carboxylic acids is 1. The van der Waals surface area contributed by atoms with E-state index in [0.29, 0.717) is 28.9 Å². The molecule has 2 aromatic carbocycles. The maximum Gasteiger partial charge on any atom is 0.254 e. The van der Waals surface area contributed by atoms with Crippen molar-refractivity contribution in [3.8, 4) is 11.3 Å². The molecule has 4 rings (SSSR count). The summed E-state index contributed by atoms with van der Waals surface area (Å²) in [5.41, 5.74) is 2.09. The van der Waals surface area contributed by atoms with Crippen LogP contribution < -0.4 is 5.32 Å². The van der Waals surface area contributed by atoms with Crippen molar-refractivity contribution in [3.05, 3.63) is 65.7 Å².